The third-order valence-corrected chi connectivity index (χ3v) is 4.78. The van der Waals surface area contributed by atoms with Crippen LogP contribution in [0, 0.1) is 0 Å². The molecule has 0 saturated carbocycles. The fourth-order valence-electron chi connectivity index (χ4n) is 3.17. The Bertz CT molecular complexity index is 1020. The van der Waals surface area contributed by atoms with E-state index in [0.717, 1.165) is 28.2 Å². The van der Waals surface area contributed by atoms with Gasteiger partial charge in [0.1, 0.15) is 0 Å². The van der Waals surface area contributed by atoms with Crippen LogP contribution < -0.4 is 5.73 Å². The number of fused-ring (bicyclic) bond motifs is 3. The molecule has 0 radical (unpaired) electrons. The molecule has 1 amide bonds. The first-order chi connectivity index (χ1) is 11.0. The number of benzene rings is 3. The SMILES string of the molecule is NC(=O)c1ccc2c3c(C=O)c(cc2c1)-c1cc(Cl)c-3c(Cl)c1. The summed E-state index contributed by atoms with van der Waals surface area (Å²) < 4.78 is 0. The van der Waals surface area contributed by atoms with Gasteiger partial charge >= 0.3 is 0 Å². The van der Waals surface area contributed by atoms with E-state index in [2.05, 4.69) is 0 Å². The Morgan fingerprint density at radius 2 is 1.70 bits per heavy atom. The molecule has 112 valence electrons. The number of primary amides is 1. The number of carbonyl (C=O) groups excluding carboxylic acids is 2. The Morgan fingerprint density at radius 3 is 2.30 bits per heavy atom. The Labute approximate surface area is 141 Å². The van der Waals surface area contributed by atoms with Crippen LogP contribution in [-0.4, -0.2) is 12.2 Å². The Hall–Kier alpha value is -2.36. The van der Waals surface area contributed by atoms with Crippen molar-refractivity contribution in [1.82, 2.24) is 0 Å². The lowest BCUT2D eigenvalue weighted by atomic mass is 9.91. The number of hydrogen-bond acceptors (Lipinski definition) is 2. The van der Waals surface area contributed by atoms with Crippen molar-refractivity contribution in [3.63, 3.8) is 0 Å². The maximum absolute atomic E-state index is 11.7. The molecule has 0 fully saturated rings. The number of aldehydes is 1. The van der Waals surface area contributed by atoms with Gasteiger partial charge in [-0.05, 0) is 52.2 Å². The van der Waals surface area contributed by atoms with E-state index in [9.17, 15) is 9.59 Å². The average Bonchev–Trinajstić information content (AvgIpc) is 2.64. The van der Waals surface area contributed by atoms with Gasteiger partial charge in [-0.1, -0.05) is 29.3 Å². The number of carbonyl (C=O) groups is 2. The van der Waals surface area contributed by atoms with Crippen LogP contribution in [0.4, 0.5) is 0 Å². The molecule has 3 aromatic rings. The number of rotatable bonds is 2. The van der Waals surface area contributed by atoms with E-state index in [0.29, 0.717) is 32.3 Å². The van der Waals surface area contributed by atoms with Crippen molar-refractivity contribution in [3.05, 3.63) is 57.6 Å². The largest absolute Gasteiger partial charge is 0.366 e. The highest BCUT2D eigenvalue weighted by Gasteiger charge is 2.25. The van der Waals surface area contributed by atoms with Crippen molar-refractivity contribution < 1.29 is 9.59 Å². The topological polar surface area (TPSA) is 60.2 Å². The highest BCUT2D eigenvalue weighted by molar-refractivity contribution is 6.41. The molecule has 0 heterocycles. The lowest BCUT2D eigenvalue weighted by Gasteiger charge is -2.12. The molecule has 3 nitrogen and oxygen atoms in total. The minimum absolute atomic E-state index is 0.410. The molecular formula is C18H9Cl2NO2. The van der Waals surface area contributed by atoms with E-state index in [1.165, 1.54) is 0 Å². The minimum Gasteiger partial charge on any atom is -0.366 e. The highest BCUT2D eigenvalue weighted by Crippen LogP contribution is 2.49. The Balaban J connectivity index is 2.24. The predicted octanol–water partition coefficient (Wildman–Crippen LogP) is 4.71. The van der Waals surface area contributed by atoms with Gasteiger partial charge in [0.15, 0.2) is 6.29 Å². The molecule has 3 aromatic carbocycles. The summed E-state index contributed by atoms with van der Waals surface area (Å²) in [6.45, 7) is 0. The Morgan fingerprint density at radius 1 is 1.00 bits per heavy atom. The van der Waals surface area contributed by atoms with Crippen molar-refractivity contribution in [1.29, 1.82) is 0 Å². The van der Waals surface area contributed by atoms with Crippen LogP contribution in [0.2, 0.25) is 10.0 Å². The van der Waals surface area contributed by atoms with Crippen LogP contribution in [0.25, 0.3) is 33.0 Å². The quantitative estimate of drug-likeness (QED) is 0.537. The minimum atomic E-state index is -0.500. The highest BCUT2D eigenvalue weighted by atomic mass is 35.5. The number of nitrogens with two attached hydrogens (primary N) is 1. The maximum Gasteiger partial charge on any atom is 0.248 e. The van der Waals surface area contributed by atoms with Gasteiger partial charge in [-0.25, -0.2) is 0 Å². The molecule has 2 aliphatic carbocycles. The lowest BCUT2D eigenvalue weighted by molar-refractivity contribution is 0.1000. The average molecular weight is 342 g/mol. The van der Waals surface area contributed by atoms with Gasteiger partial charge in [-0.2, -0.15) is 0 Å². The fraction of sp³-hybridized carbons (Fsp3) is 0. The second kappa shape index (κ2) is 4.82. The van der Waals surface area contributed by atoms with Crippen LogP contribution in [0.5, 0.6) is 0 Å². The molecule has 0 aromatic heterocycles. The van der Waals surface area contributed by atoms with Crippen molar-refractivity contribution in [2.75, 3.05) is 0 Å². The first kappa shape index (κ1) is 14.2. The van der Waals surface area contributed by atoms with Gasteiger partial charge in [0.05, 0.1) is 10.0 Å². The second-order valence-corrected chi connectivity index (χ2v) is 6.26. The number of halogens is 2. The summed E-state index contributed by atoms with van der Waals surface area (Å²) in [7, 11) is 0. The van der Waals surface area contributed by atoms with Crippen LogP contribution in [0.3, 0.4) is 0 Å². The molecule has 0 aliphatic heterocycles. The molecule has 2 aliphatic rings. The van der Waals surface area contributed by atoms with Crippen LogP contribution >= 0.6 is 23.2 Å². The third kappa shape index (κ3) is 1.90. The predicted molar refractivity (Wildman–Crippen MR) is 92.3 cm³/mol. The van der Waals surface area contributed by atoms with Crippen LogP contribution in [-0.2, 0) is 0 Å². The molecule has 4 bridgehead atoms. The van der Waals surface area contributed by atoms with Crippen molar-refractivity contribution in [3.8, 4) is 22.3 Å². The first-order valence-electron chi connectivity index (χ1n) is 6.87. The molecule has 5 rings (SSSR count). The summed E-state index contributed by atoms with van der Waals surface area (Å²) >= 11 is 12.8. The molecular weight excluding hydrogens is 333 g/mol. The van der Waals surface area contributed by atoms with E-state index in [1.54, 1.807) is 30.3 Å². The van der Waals surface area contributed by atoms with Gasteiger partial charge in [-0.3, -0.25) is 9.59 Å². The van der Waals surface area contributed by atoms with Gasteiger partial charge in [0, 0.05) is 22.3 Å². The van der Waals surface area contributed by atoms with Gasteiger partial charge < -0.3 is 5.73 Å². The monoisotopic (exact) mass is 341 g/mol. The zero-order valence-corrected chi connectivity index (χ0v) is 13.2. The normalized spacial score (nSPS) is 11.6. The van der Waals surface area contributed by atoms with Crippen molar-refractivity contribution in [2.24, 2.45) is 5.73 Å². The van der Waals surface area contributed by atoms with Gasteiger partial charge in [0.25, 0.3) is 0 Å². The third-order valence-electron chi connectivity index (χ3n) is 4.19. The summed E-state index contributed by atoms with van der Waals surface area (Å²) in [6, 6.07) is 10.6. The van der Waals surface area contributed by atoms with E-state index in [1.807, 2.05) is 6.07 Å². The second-order valence-electron chi connectivity index (χ2n) is 5.45. The molecule has 5 heteroatoms. The van der Waals surface area contributed by atoms with E-state index in [-0.39, 0.29) is 0 Å². The molecule has 0 spiro atoms. The standard InChI is InChI=1S/C18H9Cl2NO2/c19-14-5-10-6-15(20)17(14)16-11-2-1-8(18(21)23)3-9(11)4-12(10)13(16)7-22/h1-7H,(H2,21,23). The lowest BCUT2D eigenvalue weighted by Crippen LogP contribution is -2.10. The first-order valence-corrected chi connectivity index (χ1v) is 7.62. The molecule has 0 unspecified atom stereocenters. The smallest absolute Gasteiger partial charge is 0.248 e. The van der Waals surface area contributed by atoms with Crippen LogP contribution in [0.15, 0.2) is 36.4 Å². The van der Waals surface area contributed by atoms with Crippen molar-refractivity contribution in [2.45, 2.75) is 0 Å². The number of amides is 1. The summed E-state index contributed by atoms with van der Waals surface area (Å²) in [5, 5.41) is 2.61. The van der Waals surface area contributed by atoms with E-state index < -0.39 is 5.91 Å². The van der Waals surface area contributed by atoms with Crippen molar-refractivity contribution >= 4 is 46.2 Å². The molecule has 0 atom stereocenters. The van der Waals surface area contributed by atoms with Gasteiger partial charge in [-0.15, -0.1) is 0 Å². The molecule has 23 heavy (non-hydrogen) atoms. The maximum atomic E-state index is 11.7. The Kier molecular flexibility index (Phi) is 2.98. The van der Waals surface area contributed by atoms with Gasteiger partial charge in [0.2, 0.25) is 5.91 Å². The zero-order valence-electron chi connectivity index (χ0n) is 11.7. The number of hydrogen-bond donors (Lipinski definition) is 1. The fourth-order valence-corrected chi connectivity index (χ4v) is 3.85. The van der Waals surface area contributed by atoms with Crippen LogP contribution in [0.1, 0.15) is 20.7 Å². The summed E-state index contributed by atoms with van der Waals surface area (Å²) in [5.41, 5.74) is 9.16. The van der Waals surface area contributed by atoms with E-state index >= 15 is 0 Å². The zero-order chi connectivity index (χ0) is 16.3. The summed E-state index contributed by atoms with van der Waals surface area (Å²) in [4.78, 5) is 23.1. The van der Waals surface area contributed by atoms with E-state index in [4.69, 9.17) is 28.9 Å². The molecule has 2 N–H and O–H groups in total. The summed E-state index contributed by atoms with van der Waals surface area (Å²) in [5.74, 6) is -0.500. The molecule has 0 saturated heterocycles. The summed E-state index contributed by atoms with van der Waals surface area (Å²) in [6.07, 6.45) is 0.818.